The highest BCUT2D eigenvalue weighted by Gasteiger charge is 2.16. The first kappa shape index (κ1) is 10.6. The van der Waals surface area contributed by atoms with Gasteiger partial charge in [-0.15, -0.1) is 0 Å². The lowest BCUT2D eigenvalue weighted by Gasteiger charge is -2.05. The van der Waals surface area contributed by atoms with Crippen molar-refractivity contribution in [1.82, 2.24) is 15.2 Å². The van der Waals surface area contributed by atoms with E-state index in [1.165, 1.54) is 18.5 Å². The van der Waals surface area contributed by atoms with E-state index in [0.29, 0.717) is 0 Å². The fourth-order valence-electron chi connectivity index (χ4n) is 1.05. The molecule has 6 nitrogen and oxygen atoms in total. The Balaban J connectivity index is 2.33. The van der Waals surface area contributed by atoms with Gasteiger partial charge in [0.05, 0.1) is 18.1 Å². The van der Waals surface area contributed by atoms with E-state index in [2.05, 4.69) is 19.9 Å². The summed E-state index contributed by atoms with van der Waals surface area (Å²) in [4.78, 5) is 3.44. The zero-order chi connectivity index (χ0) is 11.6. The predicted molar refractivity (Wildman–Crippen MR) is 53.6 cm³/mol. The number of hydrogen-bond donors (Lipinski definition) is 2. The molecule has 0 spiro atoms. The van der Waals surface area contributed by atoms with Crippen LogP contribution in [0.5, 0.6) is 0 Å². The molecule has 0 aliphatic rings. The molecule has 2 heterocycles. The maximum Gasteiger partial charge on any atom is 0.265 e. The molecule has 2 N–H and O–H groups in total. The Morgan fingerprint density at radius 3 is 2.81 bits per heavy atom. The molecule has 2 aromatic rings. The van der Waals surface area contributed by atoms with Crippen molar-refractivity contribution >= 4 is 15.7 Å². The first-order valence-electron chi connectivity index (χ1n) is 4.21. The largest absolute Gasteiger partial charge is 0.284 e. The van der Waals surface area contributed by atoms with E-state index in [9.17, 15) is 12.8 Å². The highest BCUT2D eigenvalue weighted by molar-refractivity contribution is 7.92. The molecule has 0 aromatic carbocycles. The maximum absolute atomic E-state index is 13.1. The fraction of sp³-hybridized carbons (Fsp3) is 0. The molecule has 2 aromatic heterocycles. The standard InChI is InChI=1S/C8H7FN4O2S/c9-7-5-10-2-1-8(7)13-16(14,15)6-3-11-12-4-6/h1-5H,(H,10,13)(H,11,12). The van der Waals surface area contributed by atoms with Crippen LogP contribution < -0.4 is 4.72 Å². The molecule has 2 rings (SSSR count). The summed E-state index contributed by atoms with van der Waals surface area (Å²) in [6.07, 6.45) is 4.53. The molecule has 0 aliphatic heterocycles. The summed E-state index contributed by atoms with van der Waals surface area (Å²) in [5.74, 6) is -0.741. The Bertz CT molecular complexity index is 582. The molecule has 84 valence electrons. The zero-order valence-corrected chi connectivity index (χ0v) is 8.70. The van der Waals surface area contributed by atoms with Crippen molar-refractivity contribution in [3.63, 3.8) is 0 Å². The second kappa shape index (κ2) is 3.89. The molecule has 0 saturated carbocycles. The number of nitrogens with zero attached hydrogens (tertiary/aromatic N) is 2. The smallest absolute Gasteiger partial charge is 0.265 e. The van der Waals surface area contributed by atoms with Crippen molar-refractivity contribution < 1.29 is 12.8 Å². The average molecular weight is 242 g/mol. The van der Waals surface area contributed by atoms with E-state index < -0.39 is 15.8 Å². The van der Waals surface area contributed by atoms with Crippen molar-refractivity contribution in [2.45, 2.75) is 4.90 Å². The highest BCUT2D eigenvalue weighted by atomic mass is 32.2. The van der Waals surface area contributed by atoms with Crippen LogP contribution in [0.3, 0.4) is 0 Å². The van der Waals surface area contributed by atoms with Gasteiger partial charge in [-0.25, -0.2) is 12.8 Å². The number of sulfonamides is 1. The topological polar surface area (TPSA) is 87.7 Å². The first-order valence-corrected chi connectivity index (χ1v) is 5.69. The minimum Gasteiger partial charge on any atom is -0.284 e. The Kier molecular flexibility index (Phi) is 2.57. The first-order chi connectivity index (χ1) is 7.59. The predicted octanol–water partition coefficient (Wildman–Crippen LogP) is 0.745. The summed E-state index contributed by atoms with van der Waals surface area (Å²) in [7, 11) is -3.80. The Labute approximate surface area is 90.6 Å². The van der Waals surface area contributed by atoms with Crippen molar-refractivity contribution in [1.29, 1.82) is 0 Å². The molecule has 0 saturated heterocycles. The summed E-state index contributed by atoms with van der Waals surface area (Å²) < 4.78 is 38.5. The molecule has 0 unspecified atom stereocenters. The van der Waals surface area contributed by atoms with Crippen LogP contribution in [-0.4, -0.2) is 23.6 Å². The van der Waals surface area contributed by atoms with Gasteiger partial charge in [-0.2, -0.15) is 5.10 Å². The Hall–Kier alpha value is -1.96. The fourth-order valence-corrected chi connectivity index (χ4v) is 2.02. The number of aromatic nitrogens is 3. The molecular weight excluding hydrogens is 235 g/mol. The summed E-state index contributed by atoms with van der Waals surface area (Å²) in [5, 5.41) is 5.86. The van der Waals surface area contributed by atoms with Gasteiger partial charge in [0.15, 0.2) is 5.82 Å². The highest BCUT2D eigenvalue weighted by Crippen LogP contribution is 2.16. The van der Waals surface area contributed by atoms with E-state index in [4.69, 9.17) is 0 Å². The van der Waals surface area contributed by atoms with E-state index in [-0.39, 0.29) is 10.6 Å². The van der Waals surface area contributed by atoms with Crippen molar-refractivity contribution in [3.05, 3.63) is 36.7 Å². The normalized spacial score (nSPS) is 11.3. The van der Waals surface area contributed by atoms with E-state index >= 15 is 0 Å². The second-order valence-corrected chi connectivity index (χ2v) is 4.58. The molecule has 8 heteroatoms. The van der Waals surface area contributed by atoms with Gasteiger partial charge in [-0.1, -0.05) is 0 Å². The van der Waals surface area contributed by atoms with Gasteiger partial charge in [-0.05, 0) is 6.07 Å². The Morgan fingerprint density at radius 2 is 2.19 bits per heavy atom. The summed E-state index contributed by atoms with van der Waals surface area (Å²) in [6, 6.07) is 1.23. The summed E-state index contributed by atoms with van der Waals surface area (Å²) in [5.41, 5.74) is -0.156. The number of anilines is 1. The van der Waals surface area contributed by atoms with Gasteiger partial charge in [0, 0.05) is 12.4 Å². The monoisotopic (exact) mass is 242 g/mol. The summed E-state index contributed by atoms with van der Waals surface area (Å²) in [6.45, 7) is 0. The molecule has 0 radical (unpaired) electrons. The van der Waals surface area contributed by atoms with Gasteiger partial charge in [-0.3, -0.25) is 14.8 Å². The molecule has 0 atom stereocenters. The van der Waals surface area contributed by atoms with E-state index in [1.807, 2.05) is 0 Å². The number of aromatic amines is 1. The third-order valence-electron chi connectivity index (χ3n) is 1.80. The average Bonchev–Trinajstić information content (AvgIpc) is 2.75. The SMILES string of the molecule is O=S(=O)(Nc1ccncc1F)c1cn[nH]c1. The van der Waals surface area contributed by atoms with Crippen LogP contribution in [0.15, 0.2) is 35.7 Å². The quantitative estimate of drug-likeness (QED) is 0.831. The lowest BCUT2D eigenvalue weighted by Crippen LogP contribution is -2.13. The number of nitrogens with one attached hydrogen (secondary N) is 2. The molecular formula is C8H7FN4O2S. The van der Waals surface area contributed by atoms with E-state index in [1.54, 1.807) is 0 Å². The van der Waals surface area contributed by atoms with Crippen molar-refractivity contribution in [2.75, 3.05) is 4.72 Å². The third-order valence-corrected chi connectivity index (χ3v) is 3.13. The molecule has 0 amide bonds. The lowest BCUT2D eigenvalue weighted by atomic mass is 10.4. The minimum absolute atomic E-state index is 0.0660. The maximum atomic E-state index is 13.1. The number of rotatable bonds is 3. The molecule has 16 heavy (non-hydrogen) atoms. The Morgan fingerprint density at radius 1 is 1.38 bits per heavy atom. The van der Waals surface area contributed by atoms with E-state index in [0.717, 1.165) is 12.4 Å². The van der Waals surface area contributed by atoms with Gasteiger partial charge >= 0.3 is 0 Å². The number of hydrogen-bond acceptors (Lipinski definition) is 4. The van der Waals surface area contributed by atoms with Gasteiger partial charge in [0.1, 0.15) is 4.90 Å². The number of halogens is 1. The number of pyridine rings is 1. The molecule has 0 bridgehead atoms. The minimum atomic E-state index is -3.80. The molecule has 0 aliphatic carbocycles. The molecule has 0 fully saturated rings. The van der Waals surface area contributed by atoms with Crippen LogP contribution in [0.25, 0.3) is 0 Å². The lowest BCUT2D eigenvalue weighted by molar-refractivity contribution is 0.598. The van der Waals surface area contributed by atoms with Crippen molar-refractivity contribution in [3.8, 4) is 0 Å². The second-order valence-electron chi connectivity index (χ2n) is 2.90. The van der Waals surface area contributed by atoms with Gasteiger partial charge < -0.3 is 0 Å². The van der Waals surface area contributed by atoms with Crippen LogP contribution in [0, 0.1) is 5.82 Å². The van der Waals surface area contributed by atoms with Crippen LogP contribution in [-0.2, 0) is 10.0 Å². The van der Waals surface area contributed by atoms with Gasteiger partial charge in [0.2, 0.25) is 0 Å². The zero-order valence-electron chi connectivity index (χ0n) is 7.88. The van der Waals surface area contributed by atoms with Crippen LogP contribution in [0.4, 0.5) is 10.1 Å². The summed E-state index contributed by atoms with van der Waals surface area (Å²) >= 11 is 0. The van der Waals surface area contributed by atoms with Gasteiger partial charge in [0.25, 0.3) is 10.0 Å². The van der Waals surface area contributed by atoms with Crippen LogP contribution >= 0.6 is 0 Å². The van der Waals surface area contributed by atoms with Crippen molar-refractivity contribution in [2.24, 2.45) is 0 Å². The third kappa shape index (κ3) is 2.01. The number of H-pyrrole nitrogens is 1. The van der Waals surface area contributed by atoms with Crippen LogP contribution in [0.2, 0.25) is 0 Å². The van der Waals surface area contributed by atoms with Crippen LogP contribution in [0.1, 0.15) is 0 Å².